The molecule has 10 heteroatoms. The largest absolute Gasteiger partial charge is 0.416 e. The van der Waals surface area contributed by atoms with Crippen LogP contribution in [0.4, 0.5) is 18.9 Å². The summed E-state index contributed by atoms with van der Waals surface area (Å²) >= 11 is 0. The molecule has 0 bridgehead atoms. The summed E-state index contributed by atoms with van der Waals surface area (Å²) < 4.78 is 50.1. The summed E-state index contributed by atoms with van der Waals surface area (Å²) in [6.45, 7) is 7.47. The van der Waals surface area contributed by atoms with Gasteiger partial charge >= 0.3 is 6.18 Å². The number of para-hydroxylation sites is 2. The van der Waals surface area contributed by atoms with Gasteiger partial charge in [0.25, 0.3) is 0 Å². The number of rotatable bonds is 8. The van der Waals surface area contributed by atoms with Gasteiger partial charge < -0.3 is 9.13 Å². The minimum absolute atomic E-state index is 0.351. The van der Waals surface area contributed by atoms with E-state index in [2.05, 4.69) is 44.3 Å². The molecular weight excluding hydrogens is 948 g/mol. The molecule has 0 aliphatic carbocycles. The summed E-state index contributed by atoms with van der Waals surface area (Å²) in [6.07, 6.45) is -4.67. The molecule has 0 atom stereocenters. The van der Waals surface area contributed by atoms with Crippen LogP contribution in [0, 0.1) is 17.9 Å². The minimum Gasteiger partial charge on any atom is -0.309 e. The Morgan fingerprint density at radius 3 is 1.38 bits per heavy atom. The van der Waals surface area contributed by atoms with Gasteiger partial charge in [0, 0.05) is 49.4 Å². The Hall–Kier alpha value is -10.4. The lowest BCUT2D eigenvalue weighted by molar-refractivity contribution is -0.137. The van der Waals surface area contributed by atoms with E-state index in [4.69, 9.17) is 21.5 Å². The van der Waals surface area contributed by atoms with Gasteiger partial charge in [-0.15, -0.1) is 0 Å². The summed E-state index contributed by atoms with van der Waals surface area (Å²) in [5.41, 5.74) is 11.6. The van der Waals surface area contributed by atoms with Crippen LogP contribution in [0.1, 0.15) is 11.1 Å². The molecule has 0 saturated heterocycles. The number of hydrogen-bond acceptors (Lipinski definition) is 4. The predicted octanol–water partition coefficient (Wildman–Crippen LogP) is 17.5. The van der Waals surface area contributed by atoms with Crippen molar-refractivity contribution in [2.45, 2.75) is 6.18 Å². The van der Waals surface area contributed by atoms with Gasteiger partial charge in [0.05, 0.1) is 57.2 Å². The molecule has 0 saturated carbocycles. The maximum Gasteiger partial charge on any atom is 0.416 e. The third-order valence-electron chi connectivity index (χ3n) is 14.1. The summed E-state index contributed by atoms with van der Waals surface area (Å²) in [5.74, 6) is 1.32. The molecule has 13 aromatic rings. The predicted molar refractivity (Wildman–Crippen MR) is 297 cm³/mol. The van der Waals surface area contributed by atoms with Crippen molar-refractivity contribution in [2.24, 2.45) is 0 Å². The third kappa shape index (κ3) is 7.90. The monoisotopic (exact) mass is 985 g/mol. The van der Waals surface area contributed by atoms with Crippen molar-refractivity contribution in [2.75, 3.05) is 0 Å². The van der Waals surface area contributed by atoms with Gasteiger partial charge in [0.2, 0.25) is 0 Å². The van der Waals surface area contributed by atoms with Crippen LogP contribution in [0.5, 0.6) is 0 Å². The van der Waals surface area contributed by atoms with Crippen molar-refractivity contribution in [3.63, 3.8) is 0 Å². The second-order valence-electron chi connectivity index (χ2n) is 18.5. The van der Waals surface area contributed by atoms with Crippen LogP contribution in [0.3, 0.4) is 0 Å². The highest BCUT2D eigenvalue weighted by Crippen LogP contribution is 2.45. The van der Waals surface area contributed by atoms with Gasteiger partial charge in [-0.25, -0.2) is 19.8 Å². The molecule has 358 valence electrons. The first-order valence-corrected chi connectivity index (χ1v) is 24.5. The van der Waals surface area contributed by atoms with Gasteiger partial charge in [-0.1, -0.05) is 158 Å². The molecule has 0 fully saturated rings. The van der Waals surface area contributed by atoms with E-state index in [-0.39, 0.29) is 0 Å². The molecule has 0 aliphatic heterocycles. The van der Waals surface area contributed by atoms with Gasteiger partial charge in [0.15, 0.2) is 23.2 Å². The molecule has 0 amide bonds. The van der Waals surface area contributed by atoms with Crippen LogP contribution in [0.2, 0.25) is 0 Å². The third-order valence-corrected chi connectivity index (χ3v) is 14.1. The van der Waals surface area contributed by atoms with Crippen molar-refractivity contribution in [1.29, 1.82) is 5.26 Å². The molecule has 0 spiro atoms. The SMILES string of the molecule is [C-]#[N+]c1ccc(-c2ccc3c(c2)c2ccccc2n3-c2ccc(C(F)(F)F)cc2-c2ccc(-c3nc(-c4ccccc4)nc(-c4ccccc4)n3)cc2-n2c3ccccc3c3cc(-c4ccc(C#N)cc4)ccc32)cc1. The second kappa shape index (κ2) is 18.3. The van der Waals surface area contributed by atoms with Crippen LogP contribution in [0.15, 0.2) is 231 Å². The van der Waals surface area contributed by atoms with E-state index in [1.165, 1.54) is 6.07 Å². The number of benzene rings is 10. The molecule has 3 heterocycles. The van der Waals surface area contributed by atoms with E-state index in [1.54, 1.807) is 30.3 Å². The molecule has 76 heavy (non-hydrogen) atoms. The van der Waals surface area contributed by atoms with E-state index < -0.39 is 11.7 Å². The molecule has 0 aliphatic rings. The normalized spacial score (nSPS) is 11.6. The molecule has 13 rings (SSSR count). The van der Waals surface area contributed by atoms with Crippen LogP contribution < -0.4 is 0 Å². The molecule has 3 aromatic heterocycles. The summed E-state index contributed by atoms with van der Waals surface area (Å²) in [4.78, 5) is 18.7. The topological polar surface area (TPSA) is 76.7 Å². The van der Waals surface area contributed by atoms with Crippen molar-refractivity contribution < 1.29 is 13.2 Å². The zero-order valence-corrected chi connectivity index (χ0v) is 40.2. The Kier molecular flexibility index (Phi) is 10.9. The summed E-state index contributed by atoms with van der Waals surface area (Å²) in [6, 6.07) is 74.6. The van der Waals surface area contributed by atoms with Gasteiger partial charge in [0.1, 0.15) is 0 Å². The second-order valence-corrected chi connectivity index (χ2v) is 18.5. The van der Waals surface area contributed by atoms with Crippen molar-refractivity contribution in [3.8, 4) is 85.0 Å². The number of nitrogens with zero attached hydrogens (tertiary/aromatic N) is 7. The van der Waals surface area contributed by atoms with Crippen molar-refractivity contribution in [1.82, 2.24) is 24.1 Å². The Bertz CT molecular complexity index is 4450. The van der Waals surface area contributed by atoms with E-state index in [0.29, 0.717) is 56.8 Å². The van der Waals surface area contributed by atoms with Crippen LogP contribution in [0.25, 0.3) is 127 Å². The highest BCUT2D eigenvalue weighted by atomic mass is 19.4. The zero-order chi connectivity index (χ0) is 51.5. The molecule has 7 nitrogen and oxygen atoms in total. The summed E-state index contributed by atoms with van der Waals surface area (Å²) in [7, 11) is 0. The average molecular weight is 986 g/mol. The minimum atomic E-state index is -4.67. The molecule has 0 radical (unpaired) electrons. The van der Waals surface area contributed by atoms with Crippen molar-refractivity contribution >= 4 is 49.3 Å². The van der Waals surface area contributed by atoms with Gasteiger partial charge in [-0.3, -0.25) is 0 Å². The van der Waals surface area contributed by atoms with E-state index >= 15 is 13.2 Å². The average Bonchev–Trinajstić information content (AvgIpc) is 3.99. The number of nitriles is 1. The maximum atomic E-state index is 15.3. The molecule has 10 aromatic carbocycles. The lowest BCUT2D eigenvalue weighted by Crippen LogP contribution is -2.08. The van der Waals surface area contributed by atoms with Crippen molar-refractivity contribution in [3.05, 3.63) is 253 Å². The van der Waals surface area contributed by atoms with Crippen LogP contribution >= 0.6 is 0 Å². The Morgan fingerprint density at radius 1 is 0.395 bits per heavy atom. The highest BCUT2D eigenvalue weighted by Gasteiger charge is 2.32. The Balaban J connectivity index is 1.10. The molecule has 0 N–H and O–H groups in total. The van der Waals surface area contributed by atoms with Crippen LogP contribution in [-0.4, -0.2) is 24.1 Å². The first-order valence-electron chi connectivity index (χ1n) is 24.5. The fourth-order valence-electron chi connectivity index (χ4n) is 10.4. The zero-order valence-electron chi connectivity index (χ0n) is 40.2. The van der Waals surface area contributed by atoms with Gasteiger partial charge in [-0.2, -0.15) is 18.4 Å². The smallest absolute Gasteiger partial charge is 0.309 e. The quantitative estimate of drug-likeness (QED) is 0.142. The first kappa shape index (κ1) is 45.4. The number of halogens is 3. The highest BCUT2D eigenvalue weighted by molar-refractivity contribution is 6.13. The standard InChI is InChI=1S/C66H38F3N7/c1-71-50-30-24-43(25-31-50)47-27-33-59-54(37-47)51-16-8-10-18-57(51)75(59)61-35-29-49(66(67,68)69)39-56(61)53-32-26-48(65-73-63(44-12-4-2-5-13-44)72-64(74-65)45-14-6-3-7-15-45)38-62(53)76-58-19-11-9-17-52(58)55-36-46(28-34-60(55)76)42-22-20-41(40-70)21-23-42/h2-39H. The number of hydrogen-bond donors (Lipinski definition) is 0. The first-order chi connectivity index (χ1) is 37.2. The number of aromatic nitrogens is 5. The fraction of sp³-hybridized carbons (Fsp3) is 0.0152. The maximum absolute atomic E-state index is 15.3. The lowest BCUT2D eigenvalue weighted by atomic mass is 9.96. The Morgan fingerprint density at radius 2 is 0.855 bits per heavy atom. The molecule has 0 unspecified atom stereocenters. The van der Waals surface area contributed by atoms with E-state index in [1.807, 2.05) is 164 Å². The number of fused-ring (bicyclic) bond motifs is 6. The summed E-state index contributed by atoms with van der Waals surface area (Å²) in [5, 5.41) is 13.3. The van der Waals surface area contributed by atoms with Crippen LogP contribution in [-0.2, 0) is 6.18 Å². The Labute approximate surface area is 434 Å². The fourth-order valence-corrected chi connectivity index (χ4v) is 10.4. The van der Waals surface area contributed by atoms with E-state index in [9.17, 15) is 5.26 Å². The van der Waals surface area contributed by atoms with Gasteiger partial charge in [-0.05, 0) is 95.1 Å². The number of alkyl halides is 3. The molecular formula is C66H38F3N7. The lowest BCUT2D eigenvalue weighted by Gasteiger charge is -2.21. The van der Waals surface area contributed by atoms with E-state index in [0.717, 1.165) is 83.1 Å².